The number of benzene rings is 3. The third-order valence-corrected chi connectivity index (χ3v) is 5.82. The van der Waals surface area contributed by atoms with Gasteiger partial charge in [0.15, 0.2) is 11.5 Å². The van der Waals surface area contributed by atoms with Crippen LogP contribution in [0.3, 0.4) is 0 Å². The molecule has 0 saturated heterocycles. The summed E-state index contributed by atoms with van der Waals surface area (Å²) in [6.45, 7) is 2.85. The summed E-state index contributed by atoms with van der Waals surface area (Å²) in [5.74, 6) is 0.695. The van der Waals surface area contributed by atoms with Gasteiger partial charge < -0.3 is 29.1 Å². The second-order valence-electron chi connectivity index (χ2n) is 8.56. The first-order chi connectivity index (χ1) is 17.5. The molecule has 4 aromatic rings. The minimum atomic E-state index is -0.362. The highest BCUT2D eigenvalue weighted by molar-refractivity contribution is 5.93. The van der Waals surface area contributed by atoms with E-state index in [9.17, 15) is 4.79 Å². The first kappa shape index (κ1) is 25.3. The number of furan rings is 1. The number of ether oxygens (including phenoxy) is 4. The van der Waals surface area contributed by atoms with E-state index in [0.717, 1.165) is 33.2 Å². The zero-order valence-electron chi connectivity index (χ0n) is 20.8. The maximum atomic E-state index is 12.5. The number of hydrogen-bond donors (Lipinski definition) is 1. The molecule has 4 rings (SSSR count). The molecule has 1 unspecified atom stereocenters. The van der Waals surface area contributed by atoms with E-state index in [-0.39, 0.29) is 25.1 Å². The Hall–Kier alpha value is -3.81. The van der Waals surface area contributed by atoms with Crippen LogP contribution in [0.5, 0.6) is 11.5 Å². The van der Waals surface area contributed by atoms with Crippen molar-refractivity contribution >= 4 is 16.9 Å². The summed E-state index contributed by atoms with van der Waals surface area (Å²) >= 11 is 0. The van der Waals surface area contributed by atoms with E-state index in [4.69, 9.17) is 29.1 Å². The van der Waals surface area contributed by atoms with Gasteiger partial charge >= 0.3 is 5.97 Å². The minimum absolute atomic E-state index is 0.0541. The molecule has 36 heavy (non-hydrogen) atoms. The number of methoxy groups -OCH3 is 2. The summed E-state index contributed by atoms with van der Waals surface area (Å²) in [6.07, 6.45) is 1.40. The van der Waals surface area contributed by atoms with E-state index >= 15 is 0 Å². The highest BCUT2D eigenvalue weighted by Gasteiger charge is 2.18. The molecule has 3 aromatic carbocycles. The first-order valence-corrected chi connectivity index (χ1v) is 11.8. The molecule has 1 heterocycles. The number of rotatable bonds is 11. The van der Waals surface area contributed by atoms with Gasteiger partial charge in [0, 0.05) is 30.2 Å². The second-order valence-corrected chi connectivity index (χ2v) is 8.56. The molecule has 0 saturated carbocycles. The average Bonchev–Trinajstić information content (AvgIpc) is 3.36. The van der Waals surface area contributed by atoms with Crippen LogP contribution in [0.2, 0.25) is 0 Å². The fourth-order valence-electron chi connectivity index (χ4n) is 4.18. The standard InChI is InChI=1S/C29H31NO6/c1-19(17-32-2)36-27(31)15-23-8-5-9-26(33-3)29(23)35-18-21-13-24-10-11-34-28(24)25(14-21)22-7-4-6-20(12-22)16-30/h4-14,19H,15-18,30H2,1-3H3. The fourth-order valence-corrected chi connectivity index (χ4v) is 4.18. The SMILES string of the molecule is COCC(C)OC(=O)Cc1cccc(OC)c1OCc1cc(-c2cccc(CN)c2)c2occc2c1. The number of fused-ring (bicyclic) bond motifs is 1. The highest BCUT2D eigenvalue weighted by atomic mass is 16.6. The smallest absolute Gasteiger partial charge is 0.310 e. The zero-order valence-corrected chi connectivity index (χ0v) is 20.8. The molecule has 0 bridgehead atoms. The molecule has 1 aromatic heterocycles. The molecule has 0 radical (unpaired) electrons. The van der Waals surface area contributed by atoms with Crippen LogP contribution >= 0.6 is 0 Å². The second kappa shape index (κ2) is 11.7. The molecule has 188 valence electrons. The van der Waals surface area contributed by atoms with Crippen molar-refractivity contribution in [2.45, 2.75) is 32.6 Å². The maximum Gasteiger partial charge on any atom is 0.310 e. The van der Waals surface area contributed by atoms with Crippen LogP contribution in [0, 0.1) is 0 Å². The van der Waals surface area contributed by atoms with Crippen molar-refractivity contribution in [3.05, 3.63) is 83.6 Å². The molecule has 0 aliphatic carbocycles. The van der Waals surface area contributed by atoms with Gasteiger partial charge in [-0.1, -0.05) is 30.3 Å². The highest BCUT2D eigenvalue weighted by Crippen LogP contribution is 2.35. The van der Waals surface area contributed by atoms with Gasteiger partial charge in [0.25, 0.3) is 0 Å². The van der Waals surface area contributed by atoms with Crippen LogP contribution in [-0.4, -0.2) is 32.9 Å². The lowest BCUT2D eigenvalue weighted by Gasteiger charge is -2.17. The lowest BCUT2D eigenvalue weighted by molar-refractivity contribution is -0.149. The Kier molecular flexibility index (Phi) is 8.25. The van der Waals surface area contributed by atoms with Crippen LogP contribution in [0.15, 0.2) is 71.3 Å². The van der Waals surface area contributed by atoms with Crippen LogP contribution < -0.4 is 15.2 Å². The van der Waals surface area contributed by atoms with Gasteiger partial charge in [0.05, 0.1) is 26.4 Å². The fraction of sp³-hybridized carbons (Fsp3) is 0.276. The van der Waals surface area contributed by atoms with Gasteiger partial charge in [-0.15, -0.1) is 0 Å². The number of esters is 1. The van der Waals surface area contributed by atoms with Crippen LogP contribution in [0.25, 0.3) is 22.1 Å². The van der Waals surface area contributed by atoms with E-state index < -0.39 is 0 Å². The lowest BCUT2D eigenvalue weighted by atomic mass is 9.99. The number of hydrogen-bond acceptors (Lipinski definition) is 7. The van der Waals surface area contributed by atoms with Gasteiger partial charge in [-0.3, -0.25) is 4.79 Å². The van der Waals surface area contributed by atoms with E-state index in [1.54, 1.807) is 33.5 Å². The van der Waals surface area contributed by atoms with Crippen LogP contribution in [-0.2, 0) is 33.8 Å². The zero-order chi connectivity index (χ0) is 25.5. The first-order valence-electron chi connectivity index (χ1n) is 11.8. The molecule has 0 amide bonds. The van der Waals surface area contributed by atoms with Crippen molar-refractivity contribution in [2.75, 3.05) is 20.8 Å². The van der Waals surface area contributed by atoms with Gasteiger partial charge in [0.1, 0.15) is 18.3 Å². The molecule has 0 aliphatic rings. The quantitative estimate of drug-likeness (QED) is 0.287. The molecule has 7 nitrogen and oxygen atoms in total. The largest absolute Gasteiger partial charge is 0.493 e. The molecule has 2 N–H and O–H groups in total. The van der Waals surface area contributed by atoms with E-state index in [1.165, 1.54) is 0 Å². The van der Waals surface area contributed by atoms with Crippen molar-refractivity contribution in [3.8, 4) is 22.6 Å². The average molecular weight is 490 g/mol. The predicted molar refractivity (Wildman–Crippen MR) is 138 cm³/mol. The predicted octanol–water partition coefficient (Wildman–Crippen LogP) is 5.27. The Labute approximate surface area is 210 Å². The molecule has 0 aliphatic heterocycles. The lowest BCUT2D eigenvalue weighted by Crippen LogP contribution is -2.21. The monoisotopic (exact) mass is 489 g/mol. The Balaban J connectivity index is 1.60. The van der Waals surface area contributed by atoms with Crippen molar-refractivity contribution in [3.63, 3.8) is 0 Å². The van der Waals surface area contributed by atoms with Crippen molar-refractivity contribution < 1.29 is 28.2 Å². The van der Waals surface area contributed by atoms with Crippen molar-refractivity contribution in [1.82, 2.24) is 0 Å². The summed E-state index contributed by atoms with van der Waals surface area (Å²) in [5.41, 5.74) is 11.3. The summed E-state index contributed by atoms with van der Waals surface area (Å²) in [7, 11) is 3.14. The molecular weight excluding hydrogens is 458 g/mol. The maximum absolute atomic E-state index is 12.5. The number of carbonyl (C=O) groups excluding carboxylic acids is 1. The number of para-hydroxylation sites is 1. The van der Waals surface area contributed by atoms with E-state index in [2.05, 4.69) is 12.1 Å². The number of carbonyl (C=O) groups is 1. The molecule has 7 heteroatoms. The van der Waals surface area contributed by atoms with Gasteiger partial charge in [-0.25, -0.2) is 0 Å². The summed E-state index contributed by atoms with van der Waals surface area (Å²) in [4.78, 5) is 12.5. The summed E-state index contributed by atoms with van der Waals surface area (Å²) in [5, 5.41) is 0.972. The molecule has 1 atom stereocenters. The Bertz CT molecular complexity index is 1330. The van der Waals surface area contributed by atoms with Gasteiger partial charge in [0.2, 0.25) is 0 Å². The normalized spacial score (nSPS) is 11.9. The molecular formula is C29H31NO6. The Morgan fingerprint density at radius 1 is 1.03 bits per heavy atom. The summed E-state index contributed by atoms with van der Waals surface area (Å²) < 4.78 is 28.0. The van der Waals surface area contributed by atoms with Crippen LogP contribution in [0.1, 0.15) is 23.6 Å². The van der Waals surface area contributed by atoms with E-state index in [0.29, 0.717) is 30.2 Å². The molecule has 0 spiro atoms. The topological polar surface area (TPSA) is 93.2 Å². The van der Waals surface area contributed by atoms with Gasteiger partial charge in [-0.2, -0.15) is 0 Å². The Morgan fingerprint density at radius 2 is 1.86 bits per heavy atom. The number of nitrogens with two attached hydrogens (primary N) is 1. The van der Waals surface area contributed by atoms with Crippen molar-refractivity contribution in [2.24, 2.45) is 5.73 Å². The van der Waals surface area contributed by atoms with Crippen LogP contribution in [0.4, 0.5) is 0 Å². The minimum Gasteiger partial charge on any atom is -0.493 e. The third kappa shape index (κ3) is 5.87. The van der Waals surface area contributed by atoms with Gasteiger partial charge in [-0.05, 0) is 53.9 Å². The Morgan fingerprint density at radius 3 is 2.64 bits per heavy atom. The third-order valence-electron chi connectivity index (χ3n) is 5.82. The molecule has 0 fully saturated rings. The van der Waals surface area contributed by atoms with Crippen molar-refractivity contribution in [1.29, 1.82) is 0 Å². The van der Waals surface area contributed by atoms with E-state index in [1.807, 2.05) is 42.5 Å². The summed E-state index contributed by atoms with van der Waals surface area (Å²) in [6, 6.07) is 19.6.